The second kappa shape index (κ2) is 5.49. The minimum absolute atomic E-state index is 0.239. The summed E-state index contributed by atoms with van der Waals surface area (Å²) in [6.45, 7) is 2.39. The predicted octanol–water partition coefficient (Wildman–Crippen LogP) is 3.15. The summed E-state index contributed by atoms with van der Waals surface area (Å²) in [5.41, 5.74) is 2.37. The standard InChI is InChI=1S/C14H15FN2O/c1-10-3-5-13(12(15)7-10)16-8-11-4-6-14(18-2)17-9-11/h3-7,9,16H,8H2,1-2H3. The van der Waals surface area contributed by atoms with E-state index in [-0.39, 0.29) is 5.82 Å². The highest BCUT2D eigenvalue weighted by Gasteiger charge is 2.02. The fourth-order valence-electron chi connectivity index (χ4n) is 1.60. The summed E-state index contributed by atoms with van der Waals surface area (Å²) in [6.07, 6.45) is 1.71. The van der Waals surface area contributed by atoms with Gasteiger partial charge in [-0.1, -0.05) is 12.1 Å². The van der Waals surface area contributed by atoms with Crippen LogP contribution in [0, 0.1) is 12.7 Å². The van der Waals surface area contributed by atoms with Gasteiger partial charge in [-0.05, 0) is 30.2 Å². The van der Waals surface area contributed by atoms with Crippen molar-refractivity contribution in [3.63, 3.8) is 0 Å². The summed E-state index contributed by atoms with van der Waals surface area (Å²) < 4.78 is 18.5. The molecular formula is C14H15FN2O. The summed E-state index contributed by atoms with van der Waals surface area (Å²) in [6, 6.07) is 8.79. The van der Waals surface area contributed by atoms with Crippen molar-refractivity contribution >= 4 is 5.69 Å². The summed E-state index contributed by atoms with van der Waals surface area (Å²) in [7, 11) is 1.57. The number of nitrogens with zero attached hydrogens (tertiary/aromatic N) is 1. The third-order valence-electron chi connectivity index (χ3n) is 2.61. The first-order valence-corrected chi connectivity index (χ1v) is 5.68. The van der Waals surface area contributed by atoms with Crippen LogP contribution >= 0.6 is 0 Å². The topological polar surface area (TPSA) is 34.1 Å². The van der Waals surface area contributed by atoms with Gasteiger partial charge in [0.2, 0.25) is 5.88 Å². The summed E-state index contributed by atoms with van der Waals surface area (Å²) in [4.78, 5) is 4.09. The zero-order valence-electron chi connectivity index (χ0n) is 10.4. The van der Waals surface area contributed by atoms with Crippen LogP contribution in [-0.2, 0) is 6.54 Å². The van der Waals surface area contributed by atoms with Gasteiger partial charge in [-0.2, -0.15) is 0 Å². The molecule has 1 aromatic carbocycles. The first-order chi connectivity index (χ1) is 8.69. The van der Waals surface area contributed by atoms with Crippen LogP contribution in [-0.4, -0.2) is 12.1 Å². The van der Waals surface area contributed by atoms with Crippen molar-refractivity contribution in [3.05, 3.63) is 53.5 Å². The van der Waals surface area contributed by atoms with E-state index in [0.29, 0.717) is 18.1 Å². The number of rotatable bonds is 4. The number of benzene rings is 1. The maximum absolute atomic E-state index is 13.6. The van der Waals surface area contributed by atoms with Gasteiger partial charge < -0.3 is 10.1 Å². The van der Waals surface area contributed by atoms with E-state index in [2.05, 4.69) is 10.3 Å². The molecule has 1 heterocycles. The van der Waals surface area contributed by atoms with Gasteiger partial charge in [0.15, 0.2) is 0 Å². The zero-order chi connectivity index (χ0) is 13.0. The molecule has 0 atom stereocenters. The Morgan fingerprint density at radius 2 is 2.11 bits per heavy atom. The molecular weight excluding hydrogens is 231 g/mol. The molecule has 0 radical (unpaired) electrons. The number of halogens is 1. The molecule has 0 spiro atoms. The first kappa shape index (κ1) is 12.4. The number of anilines is 1. The lowest BCUT2D eigenvalue weighted by Crippen LogP contribution is -2.02. The Morgan fingerprint density at radius 3 is 2.72 bits per heavy atom. The Labute approximate surface area is 106 Å². The Morgan fingerprint density at radius 1 is 1.28 bits per heavy atom. The second-order valence-corrected chi connectivity index (χ2v) is 4.05. The molecule has 1 aromatic heterocycles. The number of hydrogen-bond donors (Lipinski definition) is 1. The fraction of sp³-hybridized carbons (Fsp3) is 0.214. The van der Waals surface area contributed by atoms with Gasteiger partial charge in [0.1, 0.15) is 5.82 Å². The van der Waals surface area contributed by atoms with Crippen molar-refractivity contribution in [1.29, 1.82) is 0 Å². The lowest BCUT2D eigenvalue weighted by Gasteiger charge is -2.08. The molecule has 0 aliphatic heterocycles. The SMILES string of the molecule is COc1ccc(CNc2ccc(C)cc2F)cn1. The van der Waals surface area contributed by atoms with Gasteiger partial charge in [-0.3, -0.25) is 0 Å². The molecule has 0 bridgehead atoms. The monoisotopic (exact) mass is 246 g/mol. The number of methoxy groups -OCH3 is 1. The van der Waals surface area contributed by atoms with E-state index in [1.165, 1.54) is 6.07 Å². The lowest BCUT2D eigenvalue weighted by atomic mass is 10.2. The Hall–Kier alpha value is -2.10. The van der Waals surface area contributed by atoms with Gasteiger partial charge in [-0.15, -0.1) is 0 Å². The smallest absolute Gasteiger partial charge is 0.212 e. The molecule has 3 nitrogen and oxygen atoms in total. The molecule has 0 aliphatic carbocycles. The normalized spacial score (nSPS) is 10.2. The van der Waals surface area contributed by atoms with E-state index in [4.69, 9.17) is 4.74 Å². The number of ether oxygens (including phenoxy) is 1. The molecule has 0 amide bonds. The molecule has 0 unspecified atom stereocenters. The van der Waals surface area contributed by atoms with Crippen LogP contribution in [0.5, 0.6) is 5.88 Å². The van der Waals surface area contributed by atoms with Crippen molar-refractivity contribution in [3.8, 4) is 5.88 Å². The van der Waals surface area contributed by atoms with E-state index < -0.39 is 0 Å². The molecule has 0 saturated heterocycles. The van der Waals surface area contributed by atoms with Crippen LogP contribution in [0.3, 0.4) is 0 Å². The average molecular weight is 246 g/mol. The molecule has 1 N–H and O–H groups in total. The summed E-state index contributed by atoms with van der Waals surface area (Å²) >= 11 is 0. The second-order valence-electron chi connectivity index (χ2n) is 4.05. The van der Waals surface area contributed by atoms with Crippen LogP contribution in [0.4, 0.5) is 10.1 Å². The highest BCUT2D eigenvalue weighted by Crippen LogP contribution is 2.16. The van der Waals surface area contributed by atoms with Crippen molar-refractivity contribution in [2.24, 2.45) is 0 Å². The van der Waals surface area contributed by atoms with E-state index in [1.54, 1.807) is 25.4 Å². The van der Waals surface area contributed by atoms with E-state index in [0.717, 1.165) is 11.1 Å². The third-order valence-corrected chi connectivity index (χ3v) is 2.61. The van der Waals surface area contributed by atoms with Crippen LogP contribution in [0.25, 0.3) is 0 Å². The van der Waals surface area contributed by atoms with Crippen molar-refractivity contribution in [1.82, 2.24) is 4.98 Å². The van der Waals surface area contributed by atoms with Gasteiger partial charge in [0.25, 0.3) is 0 Å². The maximum atomic E-state index is 13.6. The number of hydrogen-bond acceptors (Lipinski definition) is 3. The third kappa shape index (κ3) is 2.97. The molecule has 4 heteroatoms. The largest absolute Gasteiger partial charge is 0.481 e. The molecule has 2 rings (SSSR count). The quantitative estimate of drug-likeness (QED) is 0.899. The lowest BCUT2D eigenvalue weighted by molar-refractivity contribution is 0.397. The molecule has 94 valence electrons. The van der Waals surface area contributed by atoms with E-state index in [9.17, 15) is 4.39 Å². The average Bonchev–Trinajstić information content (AvgIpc) is 2.38. The van der Waals surface area contributed by atoms with Crippen molar-refractivity contribution in [2.75, 3.05) is 12.4 Å². The highest BCUT2D eigenvalue weighted by atomic mass is 19.1. The molecule has 18 heavy (non-hydrogen) atoms. The molecule has 2 aromatic rings. The van der Waals surface area contributed by atoms with Gasteiger partial charge >= 0.3 is 0 Å². The zero-order valence-corrected chi connectivity index (χ0v) is 10.4. The first-order valence-electron chi connectivity index (χ1n) is 5.68. The predicted molar refractivity (Wildman–Crippen MR) is 69.3 cm³/mol. The highest BCUT2D eigenvalue weighted by molar-refractivity contribution is 5.46. The van der Waals surface area contributed by atoms with E-state index >= 15 is 0 Å². The fourth-order valence-corrected chi connectivity index (χ4v) is 1.60. The van der Waals surface area contributed by atoms with E-state index in [1.807, 2.05) is 19.1 Å². The molecule has 0 fully saturated rings. The summed E-state index contributed by atoms with van der Waals surface area (Å²) in [5, 5.41) is 3.04. The Bertz CT molecular complexity index is 526. The number of nitrogens with one attached hydrogen (secondary N) is 1. The number of pyridine rings is 1. The minimum Gasteiger partial charge on any atom is -0.481 e. The van der Waals surface area contributed by atoms with Crippen molar-refractivity contribution < 1.29 is 9.13 Å². The molecule has 0 aliphatic rings. The van der Waals surface area contributed by atoms with Crippen LogP contribution in [0.15, 0.2) is 36.5 Å². The Balaban J connectivity index is 2.02. The van der Waals surface area contributed by atoms with Crippen LogP contribution in [0.2, 0.25) is 0 Å². The Kier molecular flexibility index (Phi) is 3.77. The van der Waals surface area contributed by atoms with Gasteiger partial charge in [0.05, 0.1) is 12.8 Å². The molecule has 0 saturated carbocycles. The maximum Gasteiger partial charge on any atom is 0.212 e. The number of aryl methyl sites for hydroxylation is 1. The number of aromatic nitrogens is 1. The van der Waals surface area contributed by atoms with Gasteiger partial charge in [-0.25, -0.2) is 9.37 Å². The van der Waals surface area contributed by atoms with Gasteiger partial charge in [0, 0.05) is 18.8 Å². The van der Waals surface area contributed by atoms with Crippen LogP contribution in [0.1, 0.15) is 11.1 Å². The van der Waals surface area contributed by atoms with Crippen molar-refractivity contribution in [2.45, 2.75) is 13.5 Å². The minimum atomic E-state index is -0.239. The van der Waals surface area contributed by atoms with Crippen LogP contribution < -0.4 is 10.1 Å². The summed E-state index contributed by atoms with van der Waals surface area (Å²) in [5.74, 6) is 0.330.